The molecule has 10 heteroatoms. The fourth-order valence-corrected chi connectivity index (χ4v) is 8.17. The summed E-state index contributed by atoms with van der Waals surface area (Å²) < 4.78 is 116. The van der Waals surface area contributed by atoms with Crippen molar-refractivity contribution in [2.45, 2.75) is 84.9 Å². The van der Waals surface area contributed by atoms with E-state index in [9.17, 15) is 35.1 Å². The summed E-state index contributed by atoms with van der Waals surface area (Å²) in [6, 6.07) is 41.3. The maximum Gasteiger partial charge on any atom is 0.387 e. The number of halogens is 8. The molecule has 0 N–H and O–H groups in total. The Balaban J connectivity index is 0.000000199. The largest absolute Gasteiger partial charge is 0.432 e. The van der Waals surface area contributed by atoms with Gasteiger partial charge in [0.05, 0.1) is 0 Å². The van der Waals surface area contributed by atoms with Crippen molar-refractivity contribution in [3.05, 3.63) is 180 Å². The van der Waals surface area contributed by atoms with E-state index in [2.05, 4.69) is 59.7 Å². The molecule has 0 amide bonds. The molecule has 2 nitrogen and oxygen atoms in total. The number of hydrogen-bond acceptors (Lipinski definition) is 2. The maximum atomic E-state index is 14.9. The summed E-state index contributed by atoms with van der Waals surface area (Å²) in [5.41, 5.74) is 6.63. The lowest BCUT2D eigenvalue weighted by molar-refractivity contribution is -0.0527. The highest BCUT2D eigenvalue weighted by Gasteiger charge is 2.16. The number of alkyl halides is 4. The summed E-state index contributed by atoms with van der Waals surface area (Å²) in [7, 11) is 0. The summed E-state index contributed by atoms with van der Waals surface area (Å²) in [5.74, 6) is -4.14. The predicted molar refractivity (Wildman–Crippen MR) is 254 cm³/mol. The van der Waals surface area contributed by atoms with E-state index >= 15 is 0 Å². The molecular weight excluding hydrogens is 869 g/mol. The molecule has 0 atom stereocenters. The van der Waals surface area contributed by atoms with Gasteiger partial charge in [-0.3, -0.25) is 0 Å². The van der Waals surface area contributed by atoms with Gasteiger partial charge in [0.25, 0.3) is 0 Å². The van der Waals surface area contributed by atoms with Gasteiger partial charge < -0.3 is 9.47 Å². The third kappa shape index (κ3) is 12.6. The normalized spacial score (nSPS) is 11.3. The van der Waals surface area contributed by atoms with Crippen molar-refractivity contribution in [1.29, 1.82) is 0 Å². The number of hydrogen-bond donors (Lipinski definition) is 0. The van der Waals surface area contributed by atoms with Crippen LogP contribution in [-0.4, -0.2) is 13.2 Å². The zero-order chi connectivity index (χ0) is 47.5. The highest BCUT2D eigenvalue weighted by atomic mass is 19.3. The van der Waals surface area contributed by atoms with E-state index in [1.165, 1.54) is 80.3 Å². The minimum Gasteiger partial charge on any atom is -0.432 e. The van der Waals surface area contributed by atoms with Crippen molar-refractivity contribution < 1.29 is 44.6 Å². The monoisotopic (exact) mass is 918 g/mol. The van der Waals surface area contributed by atoms with Gasteiger partial charge in [-0.2, -0.15) is 17.6 Å². The first-order chi connectivity index (χ1) is 32.4. The lowest BCUT2D eigenvalue weighted by Gasteiger charge is -2.10. The summed E-state index contributed by atoms with van der Waals surface area (Å²) in [6.45, 7) is -1.86. The zero-order valence-electron chi connectivity index (χ0n) is 37.2. The first kappa shape index (κ1) is 48.3. The van der Waals surface area contributed by atoms with Crippen molar-refractivity contribution in [2.75, 3.05) is 0 Å². The zero-order valence-corrected chi connectivity index (χ0v) is 37.2. The van der Waals surface area contributed by atoms with E-state index < -0.39 is 48.0 Å². The van der Waals surface area contributed by atoms with Crippen LogP contribution in [0.25, 0.3) is 66.1 Å². The van der Waals surface area contributed by atoms with Gasteiger partial charge in [-0.05, 0) is 140 Å². The number of rotatable bonds is 17. The van der Waals surface area contributed by atoms with Crippen LogP contribution in [0, 0.1) is 23.3 Å². The summed E-state index contributed by atoms with van der Waals surface area (Å²) in [6.07, 6.45) is 10.6. The second kappa shape index (κ2) is 22.7. The molecule has 8 aromatic rings. The minimum absolute atomic E-state index is 0.179. The molecule has 0 saturated heterocycles. The molecule has 0 aliphatic carbocycles. The van der Waals surface area contributed by atoms with Gasteiger partial charge in [0.2, 0.25) is 0 Å². The molecule has 0 saturated carbocycles. The minimum atomic E-state index is -3.13. The first-order valence-electron chi connectivity index (χ1n) is 22.5. The average molecular weight is 919 g/mol. The molecule has 0 aromatic heterocycles. The number of fused-ring (bicyclic) bond motifs is 2. The van der Waals surface area contributed by atoms with Gasteiger partial charge in [-0.15, -0.1) is 0 Å². The lowest BCUT2D eigenvalue weighted by Crippen LogP contribution is -2.03. The van der Waals surface area contributed by atoms with Gasteiger partial charge in [0, 0.05) is 11.1 Å². The number of ether oxygens (including phenoxy) is 2. The Morgan fingerprint density at radius 1 is 0.343 bits per heavy atom. The lowest BCUT2D eigenvalue weighted by atomic mass is 9.96. The first-order valence-corrected chi connectivity index (χ1v) is 22.5. The van der Waals surface area contributed by atoms with Crippen molar-refractivity contribution in [3.63, 3.8) is 0 Å². The molecule has 0 bridgehead atoms. The van der Waals surface area contributed by atoms with Crippen LogP contribution in [0.2, 0.25) is 0 Å². The third-order valence-corrected chi connectivity index (χ3v) is 11.7. The summed E-state index contributed by atoms with van der Waals surface area (Å²) in [4.78, 5) is 0. The van der Waals surface area contributed by atoms with Gasteiger partial charge >= 0.3 is 13.2 Å². The quantitative estimate of drug-likeness (QED) is 0.0669. The molecule has 0 spiro atoms. The molecular formula is C57H50F8O2. The Hall–Kier alpha value is -6.68. The van der Waals surface area contributed by atoms with Crippen LogP contribution in [0.4, 0.5) is 35.1 Å². The Morgan fingerprint density at radius 3 is 1.09 bits per heavy atom. The molecule has 0 fully saturated rings. The SMILES string of the molecule is CCCCCCc1ccc2cc(-c3ccc(-c4ccc(OC(F)F)c(F)c4)c(F)c3)ccc2c1.CCCCCc1ccc2cc(-c3ccc(-c4ccc(OC(F)F)c(F)c4)c(F)c3)ccc2c1. The molecule has 346 valence electrons. The second-order valence-electron chi connectivity index (χ2n) is 16.5. The maximum absolute atomic E-state index is 14.9. The average Bonchev–Trinajstić information content (AvgIpc) is 3.31. The van der Waals surface area contributed by atoms with E-state index in [1.54, 1.807) is 24.3 Å². The van der Waals surface area contributed by atoms with Crippen LogP contribution in [0.15, 0.2) is 146 Å². The van der Waals surface area contributed by atoms with Crippen molar-refractivity contribution in [3.8, 4) is 56.0 Å². The highest BCUT2D eigenvalue weighted by Crippen LogP contribution is 2.35. The van der Waals surface area contributed by atoms with E-state index in [0.717, 1.165) is 69.8 Å². The number of benzene rings is 8. The van der Waals surface area contributed by atoms with Gasteiger partial charge in [0.1, 0.15) is 11.6 Å². The predicted octanol–water partition coefficient (Wildman–Crippen LogP) is 18.0. The van der Waals surface area contributed by atoms with Crippen molar-refractivity contribution >= 4 is 21.5 Å². The molecule has 0 unspecified atom stereocenters. The highest BCUT2D eigenvalue weighted by molar-refractivity contribution is 5.89. The van der Waals surface area contributed by atoms with Crippen LogP contribution < -0.4 is 9.47 Å². The smallest absolute Gasteiger partial charge is 0.387 e. The van der Waals surface area contributed by atoms with Crippen LogP contribution >= 0.6 is 0 Å². The molecule has 0 heterocycles. The fraction of sp³-hybridized carbons (Fsp3) is 0.228. The Kier molecular flexibility index (Phi) is 16.3. The van der Waals surface area contributed by atoms with Gasteiger partial charge in [0.15, 0.2) is 23.1 Å². The van der Waals surface area contributed by atoms with Gasteiger partial charge in [-0.1, -0.05) is 143 Å². The molecule has 0 aliphatic rings. The number of aryl methyl sites for hydroxylation is 2. The Labute approximate surface area is 385 Å². The van der Waals surface area contributed by atoms with Crippen molar-refractivity contribution in [1.82, 2.24) is 0 Å². The van der Waals surface area contributed by atoms with E-state index in [4.69, 9.17) is 0 Å². The van der Waals surface area contributed by atoms with Crippen LogP contribution in [-0.2, 0) is 12.8 Å². The summed E-state index contributed by atoms with van der Waals surface area (Å²) >= 11 is 0. The third-order valence-electron chi connectivity index (χ3n) is 11.7. The van der Waals surface area contributed by atoms with Gasteiger partial charge in [-0.25, -0.2) is 17.6 Å². The van der Waals surface area contributed by atoms with Crippen LogP contribution in [0.1, 0.15) is 69.9 Å². The van der Waals surface area contributed by atoms with Crippen LogP contribution in [0.3, 0.4) is 0 Å². The number of unbranched alkanes of at least 4 members (excludes halogenated alkanes) is 5. The standard InChI is InChI=1S/C29H26F4O.C28H24F4O/c1-2-3-4-5-6-19-7-8-21-16-22(10-9-20(21)15-19)23-11-13-25(26(30)17-23)24-12-14-28(27(31)18-24)34-29(32)33;1-2-3-4-5-18-6-7-20-15-21(9-8-19(20)14-18)22-10-12-24(25(29)16-22)23-11-13-27(26(30)17-23)33-28(31)32/h7-18,29H,2-6H2,1H3;6-17,28H,2-5H2,1H3. The summed E-state index contributed by atoms with van der Waals surface area (Å²) in [5, 5.41) is 4.45. The fourth-order valence-electron chi connectivity index (χ4n) is 8.17. The molecule has 8 rings (SSSR count). The van der Waals surface area contributed by atoms with E-state index in [-0.39, 0.29) is 22.3 Å². The van der Waals surface area contributed by atoms with E-state index in [1.807, 2.05) is 36.4 Å². The van der Waals surface area contributed by atoms with Crippen molar-refractivity contribution in [2.24, 2.45) is 0 Å². The topological polar surface area (TPSA) is 18.5 Å². The Bertz CT molecular complexity index is 2950. The second-order valence-corrected chi connectivity index (χ2v) is 16.5. The molecule has 0 radical (unpaired) electrons. The van der Waals surface area contributed by atoms with E-state index in [0.29, 0.717) is 11.1 Å². The molecule has 67 heavy (non-hydrogen) atoms. The van der Waals surface area contributed by atoms with Crippen LogP contribution in [0.5, 0.6) is 11.5 Å². The molecule has 0 aliphatic heterocycles. The Morgan fingerprint density at radius 2 is 0.687 bits per heavy atom. The molecule has 8 aromatic carbocycles.